The second kappa shape index (κ2) is 3.83. The van der Waals surface area contributed by atoms with Gasteiger partial charge in [0.1, 0.15) is 0 Å². The predicted octanol–water partition coefficient (Wildman–Crippen LogP) is 1.47. The van der Waals surface area contributed by atoms with E-state index in [0.717, 1.165) is 15.5 Å². The quantitative estimate of drug-likeness (QED) is 0.869. The van der Waals surface area contributed by atoms with Crippen molar-refractivity contribution in [2.45, 2.75) is 19.6 Å². The molecule has 0 amide bonds. The number of nitrogens with zero attached hydrogens (tertiary/aromatic N) is 1. The van der Waals surface area contributed by atoms with Gasteiger partial charge in [-0.3, -0.25) is 4.57 Å². The molecule has 0 spiro atoms. The third kappa shape index (κ3) is 1.85. The number of rotatable bonds is 2. The van der Waals surface area contributed by atoms with Gasteiger partial charge in [0.2, 0.25) is 0 Å². The zero-order valence-corrected chi connectivity index (χ0v) is 9.78. The summed E-state index contributed by atoms with van der Waals surface area (Å²) in [5.41, 5.74) is 1.37. The van der Waals surface area contributed by atoms with Crippen LogP contribution in [0.15, 0.2) is 27.5 Å². The van der Waals surface area contributed by atoms with E-state index in [1.54, 1.807) is 6.92 Å². The number of hydrogen-bond acceptors (Lipinski definition) is 2. The minimum Gasteiger partial charge on any atom is -0.392 e. The van der Waals surface area contributed by atoms with Gasteiger partial charge in [-0.2, -0.15) is 0 Å². The molecule has 0 fully saturated rings. The van der Waals surface area contributed by atoms with E-state index in [1.807, 2.05) is 18.2 Å². The van der Waals surface area contributed by atoms with Crippen LogP contribution in [0.5, 0.6) is 0 Å². The molecule has 0 saturated heterocycles. The molecule has 1 atom stereocenters. The number of aliphatic hydroxyl groups is 1. The number of aromatic nitrogens is 2. The third-order valence-corrected chi connectivity index (χ3v) is 2.87. The predicted molar refractivity (Wildman–Crippen MR) is 61.9 cm³/mol. The lowest BCUT2D eigenvalue weighted by Crippen LogP contribution is -2.22. The van der Waals surface area contributed by atoms with Crippen molar-refractivity contribution in [2.24, 2.45) is 0 Å². The number of benzene rings is 1. The van der Waals surface area contributed by atoms with Crippen LogP contribution in [0.3, 0.4) is 0 Å². The first-order valence-corrected chi connectivity index (χ1v) is 5.44. The Bertz CT molecular complexity index is 542. The van der Waals surface area contributed by atoms with Gasteiger partial charge < -0.3 is 10.1 Å². The number of nitrogens with one attached hydrogen (secondary N) is 1. The maximum absolute atomic E-state index is 11.6. The number of halogens is 1. The lowest BCUT2D eigenvalue weighted by molar-refractivity contribution is 0.174. The molecule has 2 aromatic rings. The first kappa shape index (κ1) is 10.4. The van der Waals surface area contributed by atoms with Gasteiger partial charge in [0, 0.05) is 4.47 Å². The van der Waals surface area contributed by atoms with E-state index in [4.69, 9.17) is 0 Å². The molecule has 0 bridgehead atoms. The molecule has 1 unspecified atom stereocenters. The molecular formula is C10H11BrN2O2. The molecule has 0 aliphatic carbocycles. The largest absolute Gasteiger partial charge is 0.392 e. The standard InChI is InChI=1S/C10H11BrN2O2/c1-6(14)5-13-8-4-2-3-7(11)9(8)12-10(13)15/h2-4,6,14H,5H2,1H3,(H,12,15). The van der Waals surface area contributed by atoms with Gasteiger partial charge in [0.05, 0.1) is 23.7 Å². The lowest BCUT2D eigenvalue weighted by atomic mass is 10.3. The topological polar surface area (TPSA) is 58.0 Å². The van der Waals surface area contributed by atoms with Crippen molar-refractivity contribution in [3.63, 3.8) is 0 Å². The maximum atomic E-state index is 11.6. The van der Waals surface area contributed by atoms with Gasteiger partial charge in [0.25, 0.3) is 0 Å². The number of fused-ring (bicyclic) bond motifs is 1. The summed E-state index contributed by atoms with van der Waals surface area (Å²) < 4.78 is 2.38. The molecule has 1 heterocycles. The molecule has 0 aliphatic rings. The molecule has 0 aliphatic heterocycles. The van der Waals surface area contributed by atoms with E-state index in [1.165, 1.54) is 4.57 Å². The fourth-order valence-corrected chi connectivity index (χ4v) is 2.05. The summed E-state index contributed by atoms with van der Waals surface area (Å²) in [6.07, 6.45) is -0.541. The summed E-state index contributed by atoms with van der Waals surface area (Å²) in [5, 5.41) is 9.29. The van der Waals surface area contributed by atoms with Gasteiger partial charge in [-0.05, 0) is 35.0 Å². The minimum absolute atomic E-state index is 0.196. The Hall–Kier alpha value is -1.07. The van der Waals surface area contributed by atoms with Gasteiger partial charge in [0.15, 0.2) is 0 Å². The highest BCUT2D eigenvalue weighted by molar-refractivity contribution is 9.10. The Balaban J connectivity index is 2.69. The van der Waals surface area contributed by atoms with E-state index in [-0.39, 0.29) is 5.69 Å². The van der Waals surface area contributed by atoms with Crippen molar-refractivity contribution in [3.05, 3.63) is 33.2 Å². The smallest absolute Gasteiger partial charge is 0.326 e. The van der Waals surface area contributed by atoms with E-state index >= 15 is 0 Å². The molecular weight excluding hydrogens is 260 g/mol. The average molecular weight is 271 g/mol. The highest BCUT2D eigenvalue weighted by Crippen LogP contribution is 2.20. The number of imidazole rings is 1. The zero-order valence-electron chi connectivity index (χ0n) is 8.20. The SMILES string of the molecule is CC(O)Cn1c(=O)[nH]c2c(Br)cccc21. The summed E-state index contributed by atoms with van der Waals surface area (Å²) >= 11 is 3.36. The second-order valence-corrected chi connectivity index (χ2v) is 4.38. The third-order valence-electron chi connectivity index (χ3n) is 2.21. The van der Waals surface area contributed by atoms with Crippen molar-refractivity contribution in [2.75, 3.05) is 0 Å². The van der Waals surface area contributed by atoms with Crippen LogP contribution in [0.25, 0.3) is 11.0 Å². The molecule has 0 radical (unpaired) electrons. The Morgan fingerprint density at radius 2 is 2.33 bits per heavy atom. The highest BCUT2D eigenvalue weighted by Gasteiger charge is 2.09. The van der Waals surface area contributed by atoms with Gasteiger partial charge in [-0.15, -0.1) is 0 Å². The summed E-state index contributed by atoms with van der Waals surface area (Å²) in [6.45, 7) is 1.96. The summed E-state index contributed by atoms with van der Waals surface area (Å²) in [7, 11) is 0. The lowest BCUT2D eigenvalue weighted by Gasteiger charge is -2.05. The van der Waals surface area contributed by atoms with Crippen LogP contribution in [0, 0.1) is 0 Å². The molecule has 2 N–H and O–H groups in total. The van der Waals surface area contributed by atoms with E-state index in [9.17, 15) is 9.90 Å². The summed E-state index contributed by atoms with van der Waals surface area (Å²) in [4.78, 5) is 14.4. The molecule has 80 valence electrons. The molecule has 1 aromatic heterocycles. The van der Waals surface area contributed by atoms with Crippen molar-refractivity contribution in [1.29, 1.82) is 0 Å². The first-order valence-electron chi connectivity index (χ1n) is 4.64. The second-order valence-electron chi connectivity index (χ2n) is 3.52. The fraction of sp³-hybridized carbons (Fsp3) is 0.300. The van der Waals surface area contributed by atoms with Crippen molar-refractivity contribution < 1.29 is 5.11 Å². The molecule has 4 nitrogen and oxygen atoms in total. The van der Waals surface area contributed by atoms with Crippen molar-refractivity contribution >= 4 is 27.0 Å². The summed E-state index contributed by atoms with van der Waals surface area (Å²) in [5.74, 6) is 0. The maximum Gasteiger partial charge on any atom is 0.326 e. The number of aromatic amines is 1. The minimum atomic E-state index is -0.541. The normalized spacial score (nSPS) is 13.3. The summed E-state index contributed by atoms with van der Waals surface area (Å²) in [6, 6.07) is 5.57. The molecule has 5 heteroatoms. The zero-order chi connectivity index (χ0) is 11.0. The van der Waals surface area contributed by atoms with Crippen molar-refractivity contribution in [1.82, 2.24) is 9.55 Å². The Morgan fingerprint density at radius 1 is 1.60 bits per heavy atom. The van der Waals surface area contributed by atoms with E-state index in [0.29, 0.717) is 6.54 Å². The first-order chi connectivity index (χ1) is 7.09. The van der Waals surface area contributed by atoms with Crippen molar-refractivity contribution in [3.8, 4) is 0 Å². The molecule has 0 saturated carbocycles. The van der Waals surface area contributed by atoms with Crippen LogP contribution in [-0.2, 0) is 6.54 Å². The van der Waals surface area contributed by atoms with E-state index < -0.39 is 6.10 Å². The van der Waals surface area contributed by atoms with Crippen LogP contribution in [0.1, 0.15) is 6.92 Å². The average Bonchev–Trinajstić information content (AvgIpc) is 2.45. The number of para-hydroxylation sites is 1. The Morgan fingerprint density at radius 3 is 3.00 bits per heavy atom. The van der Waals surface area contributed by atoms with Crippen LogP contribution in [0.2, 0.25) is 0 Å². The van der Waals surface area contributed by atoms with Crippen LogP contribution >= 0.6 is 15.9 Å². The van der Waals surface area contributed by atoms with Crippen LogP contribution in [0.4, 0.5) is 0 Å². The van der Waals surface area contributed by atoms with E-state index in [2.05, 4.69) is 20.9 Å². The molecule has 1 aromatic carbocycles. The Labute approximate surface area is 94.7 Å². The number of aliphatic hydroxyl groups excluding tert-OH is 1. The number of hydrogen-bond donors (Lipinski definition) is 2. The van der Waals surface area contributed by atoms with Crippen LogP contribution in [-0.4, -0.2) is 20.8 Å². The molecule has 2 rings (SSSR count). The van der Waals surface area contributed by atoms with Gasteiger partial charge in [-0.25, -0.2) is 4.79 Å². The molecule has 15 heavy (non-hydrogen) atoms. The number of H-pyrrole nitrogens is 1. The fourth-order valence-electron chi connectivity index (χ4n) is 1.59. The van der Waals surface area contributed by atoms with Gasteiger partial charge >= 0.3 is 5.69 Å². The van der Waals surface area contributed by atoms with Gasteiger partial charge in [-0.1, -0.05) is 6.07 Å². The highest BCUT2D eigenvalue weighted by atomic mass is 79.9. The van der Waals surface area contributed by atoms with Crippen LogP contribution < -0.4 is 5.69 Å². The monoisotopic (exact) mass is 270 g/mol. The Kier molecular flexibility index (Phi) is 2.67.